The van der Waals surface area contributed by atoms with E-state index in [1.807, 2.05) is 24.3 Å². The average Bonchev–Trinajstić information content (AvgIpc) is 2.70. The molecule has 0 atom stereocenters. The number of amides is 2. The molecule has 0 saturated carbocycles. The molecule has 0 aliphatic rings. The van der Waals surface area contributed by atoms with E-state index >= 15 is 0 Å². The highest BCUT2D eigenvalue weighted by Crippen LogP contribution is 2.21. The van der Waals surface area contributed by atoms with Crippen LogP contribution in [0.15, 0.2) is 77.3 Å². The van der Waals surface area contributed by atoms with Gasteiger partial charge in [-0.15, -0.1) is 0 Å². The van der Waals surface area contributed by atoms with Crippen LogP contribution < -0.4 is 15.4 Å². The minimum Gasteiger partial charge on any atom is -0.497 e. The highest BCUT2D eigenvalue weighted by molar-refractivity contribution is 9.10. The lowest BCUT2D eigenvalue weighted by Gasteiger charge is -2.12. The number of carbonyl (C=O) groups excluding carboxylic acids is 2. The molecule has 0 aliphatic carbocycles. The number of halogens is 1. The van der Waals surface area contributed by atoms with Gasteiger partial charge < -0.3 is 15.4 Å². The highest BCUT2D eigenvalue weighted by Gasteiger charge is 2.14. The maximum Gasteiger partial charge on any atom is 0.257 e. The maximum atomic E-state index is 12.7. The highest BCUT2D eigenvalue weighted by atomic mass is 79.9. The van der Waals surface area contributed by atoms with Gasteiger partial charge in [-0.3, -0.25) is 9.59 Å². The molecule has 3 aromatic rings. The molecule has 2 N–H and O–H groups in total. The van der Waals surface area contributed by atoms with Gasteiger partial charge in [-0.2, -0.15) is 0 Å². The summed E-state index contributed by atoms with van der Waals surface area (Å²) < 4.78 is 6.13. The smallest absolute Gasteiger partial charge is 0.257 e. The SMILES string of the molecule is COc1cccc(NC(=O)c2ccccc2NC(=O)Cc2ccc(Br)cc2)c1. The lowest BCUT2D eigenvalue weighted by atomic mass is 10.1. The average molecular weight is 439 g/mol. The Kier molecular flexibility index (Phi) is 6.45. The zero-order valence-electron chi connectivity index (χ0n) is 15.2. The molecule has 0 bridgehead atoms. The molecule has 3 aromatic carbocycles. The van der Waals surface area contributed by atoms with Crippen LogP contribution in [0.1, 0.15) is 15.9 Å². The number of nitrogens with one attached hydrogen (secondary N) is 2. The van der Waals surface area contributed by atoms with Gasteiger partial charge in [-0.1, -0.05) is 46.3 Å². The molecule has 2 amide bonds. The summed E-state index contributed by atoms with van der Waals surface area (Å²) >= 11 is 3.37. The molecular weight excluding hydrogens is 420 g/mol. The van der Waals surface area contributed by atoms with Crippen molar-refractivity contribution >= 4 is 39.1 Å². The Morgan fingerprint density at radius 1 is 0.929 bits per heavy atom. The molecule has 0 saturated heterocycles. The van der Waals surface area contributed by atoms with Gasteiger partial charge in [0.05, 0.1) is 24.8 Å². The van der Waals surface area contributed by atoms with Crippen molar-refractivity contribution in [3.05, 3.63) is 88.4 Å². The standard InChI is InChI=1S/C22H19BrN2O3/c1-28-18-6-4-5-17(14-18)24-22(27)19-7-2-3-8-20(19)25-21(26)13-15-9-11-16(23)12-10-15/h2-12,14H,13H2,1H3,(H,24,27)(H,25,26). The van der Waals surface area contributed by atoms with E-state index in [0.717, 1.165) is 10.0 Å². The van der Waals surface area contributed by atoms with Gasteiger partial charge in [0.25, 0.3) is 5.91 Å². The van der Waals surface area contributed by atoms with E-state index < -0.39 is 0 Å². The predicted octanol–water partition coefficient (Wildman–Crippen LogP) is 4.89. The third kappa shape index (κ3) is 5.20. The van der Waals surface area contributed by atoms with E-state index in [1.165, 1.54) is 0 Å². The summed E-state index contributed by atoms with van der Waals surface area (Å²) in [6.07, 6.45) is 0.221. The largest absolute Gasteiger partial charge is 0.497 e. The van der Waals surface area contributed by atoms with Crippen molar-refractivity contribution in [1.82, 2.24) is 0 Å². The lowest BCUT2D eigenvalue weighted by Crippen LogP contribution is -2.19. The summed E-state index contributed by atoms with van der Waals surface area (Å²) in [5.41, 5.74) is 2.35. The fourth-order valence-electron chi connectivity index (χ4n) is 2.67. The molecule has 6 heteroatoms. The van der Waals surface area contributed by atoms with Gasteiger partial charge in [-0.25, -0.2) is 0 Å². The number of rotatable bonds is 6. The number of ether oxygens (including phenoxy) is 1. The zero-order chi connectivity index (χ0) is 19.9. The summed E-state index contributed by atoms with van der Waals surface area (Å²) in [5, 5.41) is 5.65. The van der Waals surface area contributed by atoms with Gasteiger partial charge in [-0.05, 0) is 42.0 Å². The molecule has 3 rings (SSSR count). The van der Waals surface area contributed by atoms with Crippen LogP contribution in [0.5, 0.6) is 5.75 Å². The molecule has 0 aromatic heterocycles. The van der Waals surface area contributed by atoms with E-state index in [1.54, 1.807) is 55.6 Å². The monoisotopic (exact) mass is 438 g/mol. The first-order chi connectivity index (χ1) is 13.5. The number of para-hydroxylation sites is 1. The van der Waals surface area contributed by atoms with Crippen molar-refractivity contribution < 1.29 is 14.3 Å². The second-order valence-corrected chi connectivity index (χ2v) is 7.00. The molecule has 0 unspecified atom stereocenters. The van der Waals surface area contributed by atoms with Crippen LogP contribution in [-0.2, 0) is 11.2 Å². The summed E-state index contributed by atoms with van der Waals surface area (Å²) in [6, 6.07) is 21.5. The topological polar surface area (TPSA) is 67.4 Å². The van der Waals surface area contributed by atoms with E-state index in [4.69, 9.17) is 4.74 Å². The molecular formula is C22H19BrN2O3. The Labute approximate surface area is 171 Å². The van der Waals surface area contributed by atoms with E-state index in [-0.39, 0.29) is 18.2 Å². The van der Waals surface area contributed by atoms with Crippen LogP contribution in [-0.4, -0.2) is 18.9 Å². The van der Waals surface area contributed by atoms with Crippen molar-refractivity contribution in [3.63, 3.8) is 0 Å². The van der Waals surface area contributed by atoms with Gasteiger partial charge in [0.2, 0.25) is 5.91 Å². The van der Waals surface area contributed by atoms with Crippen LogP contribution in [0.25, 0.3) is 0 Å². The van der Waals surface area contributed by atoms with E-state index in [9.17, 15) is 9.59 Å². The van der Waals surface area contributed by atoms with Crippen LogP contribution in [0, 0.1) is 0 Å². The van der Waals surface area contributed by atoms with Crippen molar-refractivity contribution in [2.45, 2.75) is 6.42 Å². The molecule has 5 nitrogen and oxygen atoms in total. The van der Waals surface area contributed by atoms with Crippen molar-refractivity contribution in [1.29, 1.82) is 0 Å². The molecule has 142 valence electrons. The number of methoxy groups -OCH3 is 1. The maximum absolute atomic E-state index is 12.7. The predicted molar refractivity (Wildman–Crippen MR) is 114 cm³/mol. The Balaban J connectivity index is 1.72. The molecule has 28 heavy (non-hydrogen) atoms. The first-order valence-electron chi connectivity index (χ1n) is 8.64. The molecule has 0 spiro atoms. The number of benzene rings is 3. The molecule has 0 radical (unpaired) electrons. The minimum absolute atomic E-state index is 0.191. The number of hydrogen-bond acceptors (Lipinski definition) is 3. The fraction of sp³-hybridized carbons (Fsp3) is 0.0909. The van der Waals surface area contributed by atoms with E-state index in [2.05, 4.69) is 26.6 Å². The van der Waals surface area contributed by atoms with E-state index in [0.29, 0.717) is 22.7 Å². The van der Waals surface area contributed by atoms with Crippen LogP contribution >= 0.6 is 15.9 Å². The normalized spacial score (nSPS) is 10.2. The Hall–Kier alpha value is -3.12. The van der Waals surface area contributed by atoms with Gasteiger partial charge in [0, 0.05) is 16.2 Å². The molecule has 0 aliphatic heterocycles. The Morgan fingerprint density at radius 3 is 2.43 bits per heavy atom. The number of hydrogen-bond donors (Lipinski definition) is 2. The molecule has 0 fully saturated rings. The number of anilines is 2. The molecule has 0 heterocycles. The summed E-state index contributed by atoms with van der Waals surface area (Å²) in [5.74, 6) is 0.144. The van der Waals surface area contributed by atoms with Gasteiger partial charge >= 0.3 is 0 Å². The fourth-order valence-corrected chi connectivity index (χ4v) is 2.94. The zero-order valence-corrected chi connectivity index (χ0v) is 16.8. The van der Waals surface area contributed by atoms with Crippen LogP contribution in [0.2, 0.25) is 0 Å². The second kappa shape index (κ2) is 9.19. The van der Waals surface area contributed by atoms with Crippen molar-refractivity contribution in [2.24, 2.45) is 0 Å². The van der Waals surface area contributed by atoms with Crippen LogP contribution in [0.4, 0.5) is 11.4 Å². The Bertz CT molecular complexity index is 987. The third-order valence-corrected chi connectivity index (χ3v) is 4.58. The van der Waals surface area contributed by atoms with Gasteiger partial charge in [0.15, 0.2) is 0 Å². The quantitative estimate of drug-likeness (QED) is 0.575. The summed E-state index contributed by atoms with van der Waals surface area (Å²) in [7, 11) is 1.57. The minimum atomic E-state index is -0.312. The first-order valence-corrected chi connectivity index (χ1v) is 9.43. The lowest BCUT2D eigenvalue weighted by molar-refractivity contribution is -0.115. The second-order valence-electron chi connectivity index (χ2n) is 6.08. The summed E-state index contributed by atoms with van der Waals surface area (Å²) in [6.45, 7) is 0. The number of carbonyl (C=O) groups is 2. The first kappa shape index (κ1) is 19.6. The van der Waals surface area contributed by atoms with Crippen molar-refractivity contribution in [2.75, 3.05) is 17.7 Å². The Morgan fingerprint density at radius 2 is 1.68 bits per heavy atom. The third-order valence-electron chi connectivity index (χ3n) is 4.05. The van der Waals surface area contributed by atoms with Crippen LogP contribution in [0.3, 0.4) is 0 Å². The van der Waals surface area contributed by atoms with Gasteiger partial charge in [0.1, 0.15) is 5.75 Å². The summed E-state index contributed by atoms with van der Waals surface area (Å²) in [4.78, 5) is 25.1. The van der Waals surface area contributed by atoms with Crippen molar-refractivity contribution in [3.8, 4) is 5.75 Å².